The zero-order valence-corrected chi connectivity index (χ0v) is 13.5. The molecular formula is C14H24N4OS. The molecule has 1 amide bonds. The molecule has 0 spiro atoms. The van der Waals surface area contributed by atoms with Crippen molar-refractivity contribution in [2.75, 3.05) is 30.7 Å². The fourth-order valence-corrected chi connectivity index (χ4v) is 3.43. The van der Waals surface area contributed by atoms with Crippen LogP contribution in [0.3, 0.4) is 0 Å². The van der Waals surface area contributed by atoms with Crippen LogP contribution >= 0.6 is 11.3 Å². The van der Waals surface area contributed by atoms with Crippen LogP contribution in [0.1, 0.15) is 43.8 Å². The molecule has 1 aromatic heterocycles. The van der Waals surface area contributed by atoms with Gasteiger partial charge in [-0.05, 0) is 24.7 Å². The molecule has 2 heterocycles. The van der Waals surface area contributed by atoms with Gasteiger partial charge in [0, 0.05) is 19.6 Å². The van der Waals surface area contributed by atoms with E-state index in [9.17, 15) is 4.79 Å². The van der Waals surface area contributed by atoms with Gasteiger partial charge >= 0.3 is 0 Å². The summed E-state index contributed by atoms with van der Waals surface area (Å²) in [7, 11) is 0. The summed E-state index contributed by atoms with van der Waals surface area (Å²) < 4.78 is 0. The third-order valence-corrected chi connectivity index (χ3v) is 4.89. The zero-order chi connectivity index (χ0) is 14.9. The summed E-state index contributed by atoms with van der Waals surface area (Å²) in [5.41, 5.74) is 6.11. The average Bonchev–Trinajstić information content (AvgIpc) is 2.95. The minimum atomic E-state index is 0.0240. The number of likely N-dealkylation sites (tertiary alicyclic amines) is 1. The largest absolute Gasteiger partial charge is 0.382 e. The van der Waals surface area contributed by atoms with Crippen LogP contribution in [0.5, 0.6) is 0 Å². The quantitative estimate of drug-likeness (QED) is 0.899. The monoisotopic (exact) mass is 296 g/mol. The SMILES string of the molecule is CCNc1nc(N)c(C(=O)N2CCC(C(C)(C)C)C2)s1. The predicted octanol–water partition coefficient (Wildman–Crippen LogP) is 2.67. The highest BCUT2D eigenvalue weighted by molar-refractivity contribution is 7.18. The van der Waals surface area contributed by atoms with Gasteiger partial charge in [0.25, 0.3) is 5.91 Å². The number of anilines is 2. The van der Waals surface area contributed by atoms with Crippen LogP contribution in [0, 0.1) is 11.3 Å². The van der Waals surface area contributed by atoms with Crippen molar-refractivity contribution in [2.45, 2.75) is 34.1 Å². The van der Waals surface area contributed by atoms with Crippen molar-refractivity contribution in [1.82, 2.24) is 9.88 Å². The van der Waals surface area contributed by atoms with Crippen LogP contribution in [0.15, 0.2) is 0 Å². The molecule has 1 aromatic rings. The molecule has 0 aromatic carbocycles. The van der Waals surface area contributed by atoms with Gasteiger partial charge < -0.3 is 16.0 Å². The topological polar surface area (TPSA) is 71.2 Å². The van der Waals surface area contributed by atoms with Crippen molar-refractivity contribution in [2.24, 2.45) is 11.3 Å². The molecule has 3 N–H and O–H groups in total. The van der Waals surface area contributed by atoms with Crippen LogP contribution in [-0.4, -0.2) is 35.4 Å². The summed E-state index contributed by atoms with van der Waals surface area (Å²) >= 11 is 1.35. The number of hydrogen-bond acceptors (Lipinski definition) is 5. The van der Waals surface area contributed by atoms with Crippen molar-refractivity contribution in [3.63, 3.8) is 0 Å². The van der Waals surface area contributed by atoms with Crippen LogP contribution in [0.25, 0.3) is 0 Å². The average molecular weight is 296 g/mol. The second-order valence-corrected chi connectivity index (χ2v) is 7.37. The molecule has 20 heavy (non-hydrogen) atoms. The molecule has 1 unspecified atom stereocenters. The Hall–Kier alpha value is -1.30. The summed E-state index contributed by atoms with van der Waals surface area (Å²) in [6.45, 7) is 11.1. The number of carbonyl (C=O) groups excluding carboxylic acids is 1. The first-order valence-corrected chi connectivity index (χ1v) is 7.94. The van der Waals surface area contributed by atoms with Crippen LogP contribution in [0.2, 0.25) is 0 Å². The predicted molar refractivity (Wildman–Crippen MR) is 84.2 cm³/mol. The van der Waals surface area contributed by atoms with Gasteiger partial charge in [-0.25, -0.2) is 4.98 Å². The number of amides is 1. The van der Waals surface area contributed by atoms with Gasteiger partial charge in [0.05, 0.1) is 0 Å². The standard InChI is InChI=1S/C14H24N4OS/c1-5-16-13-17-11(15)10(20-13)12(19)18-7-6-9(8-18)14(2,3)4/h9H,5-8,15H2,1-4H3,(H,16,17). The highest BCUT2D eigenvalue weighted by Crippen LogP contribution is 2.35. The highest BCUT2D eigenvalue weighted by Gasteiger charge is 2.35. The van der Waals surface area contributed by atoms with Crippen molar-refractivity contribution >= 4 is 28.2 Å². The van der Waals surface area contributed by atoms with Crippen molar-refractivity contribution in [1.29, 1.82) is 0 Å². The van der Waals surface area contributed by atoms with E-state index >= 15 is 0 Å². The van der Waals surface area contributed by atoms with E-state index < -0.39 is 0 Å². The highest BCUT2D eigenvalue weighted by atomic mass is 32.1. The van der Waals surface area contributed by atoms with E-state index in [1.807, 2.05) is 11.8 Å². The van der Waals surface area contributed by atoms with E-state index in [0.717, 1.165) is 31.2 Å². The number of nitrogens with one attached hydrogen (secondary N) is 1. The van der Waals surface area contributed by atoms with Crippen molar-refractivity contribution in [3.05, 3.63) is 4.88 Å². The van der Waals surface area contributed by atoms with Gasteiger partial charge in [-0.1, -0.05) is 32.1 Å². The second-order valence-electron chi connectivity index (χ2n) is 6.37. The number of nitrogen functional groups attached to an aromatic ring is 1. The smallest absolute Gasteiger partial charge is 0.267 e. The van der Waals surface area contributed by atoms with Gasteiger partial charge in [-0.2, -0.15) is 0 Å². The second kappa shape index (κ2) is 5.60. The molecule has 1 aliphatic rings. The van der Waals surface area contributed by atoms with E-state index in [1.165, 1.54) is 11.3 Å². The van der Waals surface area contributed by atoms with E-state index in [2.05, 4.69) is 31.1 Å². The van der Waals surface area contributed by atoms with Crippen LogP contribution < -0.4 is 11.1 Å². The number of rotatable bonds is 3. The molecule has 2 rings (SSSR count). The molecule has 1 atom stereocenters. The van der Waals surface area contributed by atoms with E-state index in [1.54, 1.807) is 0 Å². The molecule has 1 aliphatic heterocycles. The molecule has 1 saturated heterocycles. The Balaban J connectivity index is 2.09. The van der Waals surface area contributed by atoms with Gasteiger partial charge in [0.15, 0.2) is 5.13 Å². The first-order valence-electron chi connectivity index (χ1n) is 7.12. The Kier molecular flexibility index (Phi) is 4.22. The lowest BCUT2D eigenvalue weighted by Crippen LogP contribution is -2.31. The molecule has 0 saturated carbocycles. The van der Waals surface area contributed by atoms with Crippen LogP contribution in [0.4, 0.5) is 10.9 Å². The van der Waals surface area contributed by atoms with E-state index in [4.69, 9.17) is 5.73 Å². The minimum Gasteiger partial charge on any atom is -0.382 e. The summed E-state index contributed by atoms with van der Waals surface area (Å²) in [4.78, 5) is 19.2. The number of hydrogen-bond donors (Lipinski definition) is 2. The first kappa shape index (κ1) is 15.1. The van der Waals surface area contributed by atoms with Crippen LogP contribution in [-0.2, 0) is 0 Å². The Morgan fingerprint density at radius 1 is 1.55 bits per heavy atom. The molecule has 0 radical (unpaired) electrons. The Morgan fingerprint density at radius 2 is 2.25 bits per heavy atom. The lowest BCUT2D eigenvalue weighted by atomic mass is 9.80. The molecule has 0 aliphatic carbocycles. The van der Waals surface area contributed by atoms with E-state index in [-0.39, 0.29) is 11.3 Å². The minimum absolute atomic E-state index is 0.0240. The van der Waals surface area contributed by atoms with Crippen molar-refractivity contribution < 1.29 is 4.79 Å². The van der Waals surface area contributed by atoms with Gasteiger partial charge in [-0.15, -0.1) is 0 Å². The summed E-state index contributed by atoms with van der Waals surface area (Å²) in [6, 6.07) is 0. The Morgan fingerprint density at radius 3 is 2.80 bits per heavy atom. The van der Waals surface area contributed by atoms with Crippen molar-refractivity contribution in [3.8, 4) is 0 Å². The maximum atomic E-state index is 12.5. The van der Waals surface area contributed by atoms with Gasteiger partial charge in [0.1, 0.15) is 10.7 Å². The molecule has 5 nitrogen and oxygen atoms in total. The molecule has 112 valence electrons. The Bertz CT molecular complexity index is 492. The lowest BCUT2D eigenvalue weighted by Gasteiger charge is -2.26. The lowest BCUT2D eigenvalue weighted by molar-refractivity contribution is 0.0782. The third kappa shape index (κ3) is 3.06. The maximum absolute atomic E-state index is 12.5. The Labute approximate surface area is 124 Å². The first-order chi connectivity index (χ1) is 9.32. The number of aromatic nitrogens is 1. The third-order valence-electron chi connectivity index (χ3n) is 3.88. The maximum Gasteiger partial charge on any atom is 0.267 e. The molecule has 6 heteroatoms. The molecular weight excluding hydrogens is 272 g/mol. The summed E-state index contributed by atoms with van der Waals surface area (Å²) in [5, 5.41) is 3.83. The number of nitrogens with zero attached hydrogens (tertiary/aromatic N) is 2. The number of thiazole rings is 1. The summed E-state index contributed by atoms with van der Waals surface area (Å²) in [6.07, 6.45) is 1.06. The fourth-order valence-electron chi connectivity index (χ4n) is 2.51. The fraction of sp³-hybridized carbons (Fsp3) is 0.714. The molecule has 1 fully saturated rings. The van der Waals surface area contributed by atoms with E-state index in [0.29, 0.717) is 16.6 Å². The zero-order valence-electron chi connectivity index (χ0n) is 12.7. The van der Waals surface area contributed by atoms with Gasteiger partial charge in [-0.3, -0.25) is 4.79 Å². The van der Waals surface area contributed by atoms with Gasteiger partial charge in [0.2, 0.25) is 0 Å². The molecule has 0 bridgehead atoms. The normalized spacial score (nSPS) is 19.4. The summed E-state index contributed by atoms with van der Waals surface area (Å²) in [5.74, 6) is 0.917. The number of nitrogens with two attached hydrogens (primary N) is 1. The number of carbonyl (C=O) groups is 1.